The normalized spacial score (nSPS) is 11.5. The second-order valence-electron chi connectivity index (χ2n) is 8.25. The number of aryl methyl sites for hydroxylation is 2. The fourth-order valence-electron chi connectivity index (χ4n) is 3.70. The summed E-state index contributed by atoms with van der Waals surface area (Å²) in [5.74, 6) is 0.278. The van der Waals surface area contributed by atoms with Crippen molar-refractivity contribution in [1.29, 1.82) is 0 Å². The Morgan fingerprint density at radius 2 is 1.83 bits per heavy atom. The zero-order valence-electron chi connectivity index (χ0n) is 19.9. The number of amides is 1. The summed E-state index contributed by atoms with van der Waals surface area (Å²) in [7, 11) is -1.99. The van der Waals surface area contributed by atoms with Gasteiger partial charge < -0.3 is 4.74 Å². The number of hydrogen-bond donors (Lipinski definition) is 0. The number of nitrogens with zero attached hydrogens (tertiary/aromatic N) is 3. The molecule has 0 aliphatic rings. The number of rotatable bonds is 9. The molecule has 9 heteroatoms. The van der Waals surface area contributed by atoms with Crippen LogP contribution in [0.3, 0.4) is 0 Å². The van der Waals surface area contributed by atoms with Gasteiger partial charge >= 0.3 is 0 Å². The lowest BCUT2D eigenvalue weighted by molar-refractivity contribution is -0.118. The molecule has 2 heterocycles. The number of pyridine rings is 1. The first-order valence-corrected chi connectivity index (χ1v) is 13.7. The summed E-state index contributed by atoms with van der Waals surface area (Å²) < 4.78 is 31.6. The highest BCUT2D eigenvalue weighted by molar-refractivity contribution is 7.91. The molecule has 0 bridgehead atoms. The minimum Gasteiger partial charge on any atom is -0.497 e. The van der Waals surface area contributed by atoms with E-state index >= 15 is 0 Å². The fraction of sp³-hybridized carbons (Fsp3) is 0.269. The van der Waals surface area contributed by atoms with Crippen LogP contribution in [-0.4, -0.2) is 37.2 Å². The van der Waals surface area contributed by atoms with Gasteiger partial charge in [-0.25, -0.2) is 13.4 Å². The van der Waals surface area contributed by atoms with Crippen LogP contribution in [0.2, 0.25) is 0 Å². The Morgan fingerprint density at radius 3 is 2.51 bits per heavy atom. The molecule has 182 valence electrons. The second-order valence-corrected chi connectivity index (χ2v) is 11.4. The van der Waals surface area contributed by atoms with Gasteiger partial charge in [-0.2, -0.15) is 0 Å². The molecule has 4 rings (SSSR count). The summed E-state index contributed by atoms with van der Waals surface area (Å²) in [5.41, 5.74) is 3.84. The number of sulfone groups is 1. The molecule has 0 unspecified atom stereocenters. The predicted molar refractivity (Wildman–Crippen MR) is 139 cm³/mol. The van der Waals surface area contributed by atoms with Crippen molar-refractivity contribution in [3.8, 4) is 5.75 Å². The number of carbonyl (C=O) groups excluding carboxylic acids is 1. The molecule has 4 aromatic rings. The van der Waals surface area contributed by atoms with E-state index < -0.39 is 9.84 Å². The number of ether oxygens (including phenoxy) is 1. The van der Waals surface area contributed by atoms with E-state index in [1.165, 1.54) is 30.6 Å². The molecular formula is C26H27N3O4S2. The van der Waals surface area contributed by atoms with Crippen molar-refractivity contribution < 1.29 is 17.9 Å². The molecule has 2 aromatic carbocycles. The van der Waals surface area contributed by atoms with Gasteiger partial charge in [0.2, 0.25) is 5.91 Å². The summed E-state index contributed by atoms with van der Waals surface area (Å²) in [6.07, 6.45) is 1.97. The van der Waals surface area contributed by atoms with Gasteiger partial charge in [0.1, 0.15) is 5.75 Å². The number of anilines is 1. The van der Waals surface area contributed by atoms with Gasteiger partial charge in [0.25, 0.3) is 0 Å². The average Bonchev–Trinajstić information content (AvgIpc) is 3.30. The monoisotopic (exact) mass is 509 g/mol. The largest absolute Gasteiger partial charge is 0.497 e. The van der Waals surface area contributed by atoms with Crippen LogP contribution >= 0.6 is 11.3 Å². The number of carbonyl (C=O) groups is 1. The number of methoxy groups -OCH3 is 1. The molecule has 0 saturated carbocycles. The Kier molecular flexibility index (Phi) is 7.47. The third-order valence-corrected chi connectivity index (χ3v) is 8.73. The topological polar surface area (TPSA) is 89.5 Å². The van der Waals surface area contributed by atoms with Gasteiger partial charge in [-0.3, -0.25) is 14.7 Å². The van der Waals surface area contributed by atoms with Crippen LogP contribution in [0.4, 0.5) is 5.13 Å². The van der Waals surface area contributed by atoms with Crippen LogP contribution in [-0.2, 0) is 21.2 Å². The van der Waals surface area contributed by atoms with Crippen LogP contribution in [0.25, 0.3) is 10.2 Å². The van der Waals surface area contributed by atoms with Crippen molar-refractivity contribution in [2.45, 2.75) is 38.1 Å². The third kappa shape index (κ3) is 5.68. The van der Waals surface area contributed by atoms with Gasteiger partial charge in [0.15, 0.2) is 15.0 Å². The average molecular weight is 510 g/mol. The molecule has 35 heavy (non-hydrogen) atoms. The molecule has 0 aliphatic heterocycles. The van der Waals surface area contributed by atoms with Gasteiger partial charge in [0, 0.05) is 12.6 Å². The second kappa shape index (κ2) is 10.5. The van der Waals surface area contributed by atoms with Crippen molar-refractivity contribution >= 4 is 42.4 Å². The summed E-state index contributed by atoms with van der Waals surface area (Å²) in [6, 6.07) is 15.9. The Bertz CT molecular complexity index is 1430. The maximum Gasteiger partial charge on any atom is 0.229 e. The molecule has 0 fully saturated rings. The number of fused-ring (bicyclic) bond motifs is 1. The van der Waals surface area contributed by atoms with Crippen molar-refractivity contribution in [3.05, 3.63) is 77.6 Å². The Balaban J connectivity index is 1.53. The quantitative estimate of drug-likeness (QED) is 0.312. The Morgan fingerprint density at radius 1 is 1.06 bits per heavy atom. The van der Waals surface area contributed by atoms with Gasteiger partial charge in [-0.1, -0.05) is 23.5 Å². The maximum absolute atomic E-state index is 13.3. The van der Waals surface area contributed by atoms with E-state index in [1.54, 1.807) is 23.2 Å². The molecule has 2 aromatic heterocycles. The minimum atomic E-state index is -3.51. The van der Waals surface area contributed by atoms with Crippen LogP contribution < -0.4 is 9.64 Å². The van der Waals surface area contributed by atoms with E-state index in [2.05, 4.69) is 11.1 Å². The van der Waals surface area contributed by atoms with Crippen molar-refractivity contribution in [3.63, 3.8) is 0 Å². The Labute approximate surface area is 209 Å². The van der Waals surface area contributed by atoms with Gasteiger partial charge in [0.05, 0.1) is 40.2 Å². The van der Waals surface area contributed by atoms with E-state index in [0.29, 0.717) is 10.9 Å². The molecule has 0 spiro atoms. The first-order chi connectivity index (χ1) is 16.8. The minimum absolute atomic E-state index is 0.0795. The van der Waals surface area contributed by atoms with E-state index in [0.717, 1.165) is 27.0 Å². The first-order valence-electron chi connectivity index (χ1n) is 11.2. The van der Waals surface area contributed by atoms with Crippen LogP contribution in [0.5, 0.6) is 5.75 Å². The van der Waals surface area contributed by atoms with E-state index in [9.17, 15) is 13.2 Å². The summed E-state index contributed by atoms with van der Waals surface area (Å²) in [5, 5.41) is 0.586. The highest BCUT2D eigenvalue weighted by atomic mass is 32.2. The molecule has 0 saturated heterocycles. The van der Waals surface area contributed by atoms with Crippen molar-refractivity contribution in [2.75, 3.05) is 17.8 Å². The van der Waals surface area contributed by atoms with Crippen LogP contribution in [0.1, 0.15) is 29.7 Å². The lowest BCUT2D eigenvalue weighted by atomic mass is 10.1. The highest BCUT2D eigenvalue weighted by Gasteiger charge is 2.23. The SMILES string of the molecule is COc1ccc(S(=O)(=O)CCCC(=O)N(Cc2ccccn2)c2nc3c(C)c(C)ccc3s2)cc1. The smallest absolute Gasteiger partial charge is 0.229 e. The predicted octanol–water partition coefficient (Wildman–Crippen LogP) is 5.10. The molecule has 0 aliphatic carbocycles. The lowest BCUT2D eigenvalue weighted by Crippen LogP contribution is -2.30. The third-order valence-electron chi connectivity index (χ3n) is 5.87. The zero-order valence-corrected chi connectivity index (χ0v) is 21.5. The van der Waals surface area contributed by atoms with Crippen molar-refractivity contribution in [1.82, 2.24) is 9.97 Å². The van der Waals surface area contributed by atoms with Crippen molar-refractivity contribution in [2.24, 2.45) is 0 Å². The van der Waals surface area contributed by atoms with E-state index in [1.807, 2.05) is 38.1 Å². The van der Waals surface area contributed by atoms with E-state index in [-0.39, 0.29) is 35.9 Å². The van der Waals surface area contributed by atoms with Crippen LogP contribution in [0.15, 0.2) is 65.7 Å². The molecule has 0 atom stereocenters. The van der Waals surface area contributed by atoms with Crippen LogP contribution in [0, 0.1) is 13.8 Å². The standard InChI is InChI=1S/C26H27N3O4S2/c1-18-9-14-23-25(19(18)2)28-26(34-23)29(17-20-7-4-5-15-27-20)24(30)8-6-16-35(31,32)22-12-10-21(33-3)11-13-22/h4-5,7,9-15H,6,8,16-17H2,1-3H3. The molecule has 7 nitrogen and oxygen atoms in total. The number of hydrogen-bond acceptors (Lipinski definition) is 7. The zero-order chi connectivity index (χ0) is 25.0. The summed E-state index contributed by atoms with van der Waals surface area (Å²) in [4.78, 5) is 24.3. The maximum atomic E-state index is 13.3. The van der Waals surface area contributed by atoms with E-state index in [4.69, 9.17) is 9.72 Å². The molecule has 0 N–H and O–H groups in total. The lowest BCUT2D eigenvalue weighted by Gasteiger charge is -2.19. The fourth-order valence-corrected chi connectivity index (χ4v) is 6.05. The highest BCUT2D eigenvalue weighted by Crippen LogP contribution is 2.33. The summed E-state index contributed by atoms with van der Waals surface area (Å²) in [6.45, 7) is 4.33. The first kappa shape index (κ1) is 24.8. The Hall–Kier alpha value is -3.30. The molecular weight excluding hydrogens is 482 g/mol. The summed E-state index contributed by atoms with van der Waals surface area (Å²) >= 11 is 1.45. The number of thiazole rings is 1. The number of aromatic nitrogens is 2. The van der Waals surface area contributed by atoms with Gasteiger partial charge in [-0.15, -0.1) is 0 Å². The molecule has 0 radical (unpaired) electrons. The molecule has 1 amide bonds. The van der Waals surface area contributed by atoms with Gasteiger partial charge in [-0.05, 0) is 73.9 Å². The number of benzene rings is 2.